The van der Waals surface area contributed by atoms with E-state index in [2.05, 4.69) is 49.2 Å². The van der Waals surface area contributed by atoms with Crippen molar-refractivity contribution in [1.82, 2.24) is 24.3 Å². The van der Waals surface area contributed by atoms with Gasteiger partial charge in [0.25, 0.3) is 5.56 Å². The summed E-state index contributed by atoms with van der Waals surface area (Å²) in [5, 5.41) is 4.05. The van der Waals surface area contributed by atoms with Crippen molar-refractivity contribution in [3.8, 4) is 0 Å². The van der Waals surface area contributed by atoms with Crippen LogP contribution in [-0.4, -0.2) is 94.4 Å². The average molecular weight is 563 g/mol. The molecule has 0 spiro atoms. The highest BCUT2D eigenvalue weighted by atomic mass is 16.6. The fraction of sp³-hybridized carbons (Fsp3) is 0.533. The van der Waals surface area contributed by atoms with Crippen LogP contribution in [0, 0.1) is 0 Å². The number of carbonyl (C=O) groups excluding carboxylic acids is 1. The molecule has 1 amide bonds. The zero-order valence-corrected chi connectivity index (χ0v) is 25.2. The van der Waals surface area contributed by atoms with Gasteiger partial charge in [-0.15, -0.1) is 0 Å². The molecule has 2 aliphatic rings. The van der Waals surface area contributed by atoms with E-state index in [1.165, 1.54) is 5.69 Å². The highest BCUT2D eigenvalue weighted by molar-refractivity contribution is 5.80. The Kier molecular flexibility index (Phi) is 7.83. The molecule has 2 unspecified atom stereocenters. The molecule has 1 aromatic carbocycles. The van der Waals surface area contributed by atoms with Crippen molar-refractivity contribution >= 4 is 40.1 Å². The number of nitrogens with zero attached hydrogens (tertiary/aromatic N) is 7. The molecule has 41 heavy (non-hydrogen) atoms. The van der Waals surface area contributed by atoms with Crippen LogP contribution in [0.1, 0.15) is 34.6 Å². The summed E-state index contributed by atoms with van der Waals surface area (Å²) in [5.74, 6) is 0.431. The van der Waals surface area contributed by atoms with Crippen molar-refractivity contribution < 1.29 is 9.53 Å². The SMILES string of the molecule is CC1CN(C(=O)OC(C)(C)C)CC(C)N1c1cc2cnc(Nc3ccc(N4CCN(C)CC4)cc3)nc2n(C)c1=O. The van der Waals surface area contributed by atoms with Crippen LogP contribution in [0.15, 0.2) is 41.3 Å². The lowest BCUT2D eigenvalue weighted by atomic mass is 10.1. The van der Waals surface area contributed by atoms with Crippen molar-refractivity contribution in [2.24, 2.45) is 7.05 Å². The highest BCUT2D eigenvalue weighted by Gasteiger charge is 2.35. The van der Waals surface area contributed by atoms with Gasteiger partial charge in [-0.2, -0.15) is 4.98 Å². The predicted octanol–water partition coefficient (Wildman–Crippen LogP) is 3.66. The van der Waals surface area contributed by atoms with Crippen LogP contribution in [0.5, 0.6) is 0 Å². The number of amides is 1. The van der Waals surface area contributed by atoms with E-state index in [4.69, 9.17) is 4.74 Å². The number of aryl methyl sites for hydroxylation is 1. The van der Waals surface area contributed by atoms with Gasteiger partial charge in [-0.05, 0) is 72.0 Å². The van der Waals surface area contributed by atoms with E-state index < -0.39 is 5.60 Å². The number of hydrogen-bond donors (Lipinski definition) is 1. The summed E-state index contributed by atoms with van der Waals surface area (Å²) in [4.78, 5) is 44.1. The molecule has 2 aromatic heterocycles. The van der Waals surface area contributed by atoms with Gasteiger partial charge in [0.05, 0.1) is 0 Å². The minimum absolute atomic E-state index is 0.0768. The first-order chi connectivity index (χ1) is 19.4. The summed E-state index contributed by atoms with van der Waals surface area (Å²) in [6, 6.07) is 10.00. The van der Waals surface area contributed by atoms with Crippen LogP contribution in [0.4, 0.5) is 27.8 Å². The quantitative estimate of drug-likeness (QED) is 0.511. The number of ether oxygens (including phenoxy) is 1. The Labute approximate surface area is 241 Å². The minimum atomic E-state index is -0.559. The van der Waals surface area contributed by atoms with E-state index in [0.29, 0.717) is 30.4 Å². The maximum atomic E-state index is 13.6. The molecule has 2 fully saturated rings. The van der Waals surface area contributed by atoms with Gasteiger partial charge in [-0.1, -0.05) is 0 Å². The Morgan fingerprint density at radius 3 is 2.24 bits per heavy atom. The Bertz CT molecular complexity index is 1450. The van der Waals surface area contributed by atoms with E-state index in [9.17, 15) is 9.59 Å². The first-order valence-electron chi connectivity index (χ1n) is 14.3. The molecule has 11 nitrogen and oxygen atoms in total. The van der Waals surface area contributed by atoms with Crippen molar-refractivity contribution in [1.29, 1.82) is 0 Å². The molecule has 0 radical (unpaired) electrons. The lowest BCUT2D eigenvalue weighted by Crippen LogP contribution is -2.60. The van der Waals surface area contributed by atoms with Crippen molar-refractivity contribution in [2.75, 3.05) is 61.4 Å². The summed E-state index contributed by atoms with van der Waals surface area (Å²) in [6.45, 7) is 14.7. The Hall–Kier alpha value is -3.86. The largest absolute Gasteiger partial charge is 0.444 e. The molecule has 1 N–H and O–H groups in total. The number of rotatable bonds is 4. The standard InChI is InChI=1S/C30H42N8O3/c1-20-18-37(29(40)41-30(3,4)5)19-21(2)38(20)25-16-22-17-31-28(33-26(22)35(7)27(25)39)32-23-8-10-24(11-9-23)36-14-12-34(6)13-15-36/h8-11,16-17,20-21H,12-15,18-19H2,1-7H3,(H,31,32,33). The smallest absolute Gasteiger partial charge is 0.410 e. The summed E-state index contributed by atoms with van der Waals surface area (Å²) < 4.78 is 7.16. The van der Waals surface area contributed by atoms with Gasteiger partial charge < -0.3 is 29.7 Å². The third-order valence-corrected chi connectivity index (χ3v) is 7.77. The van der Waals surface area contributed by atoms with Gasteiger partial charge in [-0.25, -0.2) is 9.78 Å². The molecule has 4 heterocycles. The monoisotopic (exact) mass is 562 g/mol. The third kappa shape index (κ3) is 6.24. The van der Waals surface area contributed by atoms with E-state index >= 15 is 0 Å². The van der Waals surface area contributed by atoms with Gasteiger partial charge >= 0.3 is 6.09 Å². The fourth-order valence-electron chi connectivity index (χ4n) is 5.70. The van der Waals surface area contributed by atoms with Crippen molar-refractivity contribution in [3.63, 3.8) is 0 Å². The molecule has 0 bridgehead atoms. The topological polar surface area (TPSA) is 99.1 Å². The second-order valence-corrected chi connectivity index (χ2v) is 12.3. The van der Waals surface area contributed by atoms with E-state index in [-0.39, 0.29) is 23.7 Å². The van der Waals surface area contributed by atoms with E-state index in [0.717, 1.165) is 37.3 Å². The maximum Gasteiger partial charge on any atom is 0.410 e. The third-order valence-electron chi connectivity index (χ3n) is 7.77. The predicted molar refractivity (Wildman–Crippen MR) is 163 cm³/mol. The molecule has 11 heteroatoms. The summed E-state index contributed by atoms with van der Waals surface area (Å²) >= 11 is 0. The minimum Gasteiger partial charge on any atom is -0.444 e. The molecule has 3 aromatic rings. The average Bonchev–Trinajstić information content (AvgIpc) is 2.91. The molecule has 0 aliphatic carbocycles. The number of piperazine rings is 2. The van der Waals surface area contributed by atoms with Gasteiger partial charge in [0, 0.05) is 81.4 Å². The number of fused-ring (bicyclic) bond motifs is 1. The van der Waals surface area contributed by atoms with Gasteiger partial charge in [-0.3, -0.25) is 9.36 Å². The molecule has 0 saturated carbocycles. The van der Waals surface area contributed by atoms with Crippen LogP contribution < -0.4 is 20.7 Å². The Morgan fingerprint density at radius 1 is 1.00 bits per heavy atom. The molecular weight excluding hydrogens is 520 g/mol. The number of anilines is 4. The second kappa shape index (κ2) is 11.2. The Balaban J connectivity index is 1.33. The van der Waals surface area contributed by atoms with Crippen molar-refractivity contribution in [3.05, 3.63) is 46.9 Å². The van der Waals surface area contributed by atoms with E-state index in [1.54, 1.807) is 22.7 Å². The molecular formula is C30H42N8O3. The molecule has 220 valence electrons. The summed E-state index contributed by atoms with van der Waals surface area (Å²) in [6.07, 6.45) is 1.42. The lowest BCUT2D eigenvalue weighted by Gasteiger charge is -2.45. The number of likely N-dealkylation sites (N-methyl/N-ethyl adjacent to an activating group) is 1. The van der Waals surface area contributed by atoms with Crippen LogP contribution >= 0.6 is 0 Å². The molecule has 2 aliphatic heterocycles. The zero-order valence-electron chi connectivity index (χ0n) is 25.2. The molecule has 2 atom stereocenters. The zero-order chi connectivity index (χ0) is 29.5. The number of nitrogens with one attached hydrogen (secondary N) is 1. The summed E-state index contributed by atoms with van der Waals surface area (Å²) in [5.41, 5.74) is 2.52. The number of carbonyl (C=O) groups is 1. The first kappa shape index (κ1) is 28.7. The van der Waals surface area contributed by atoms with Crippen molar-refractivity contribution in [2.45, 2.75) is 52.3 Å². The van der Waals surface area contributed by atoms with E-state index in [1.807, 2.05) is 52.8 Å². The number of benzene rings is 1. The lowest BCUT2D eigenvalue weighted by molar-refractivity contribution is 0.0192. The van der Waals surface area contributed by atoms with Gasteiger partial charge in [0.1, 0.15) is 16.9 Å². The fourth-order valence-corrected chi connectivity index (χ4v) is 5.70. The molecule has 2 saturated heterocycles. The highest BCUT2D eigenvalue weighted by Crippen LogP contribution is 2.27. The van der Waals surface area contributed by atoms with Crippen LogP contribution in [0.2, 0.25) is 0 Å². The van der Waals surface area contributed by atoms with Gasteiger partial charge in [0.15, 0.2) is 0 Å². The normalized spacial score (nSPS) is 20.4. The molecule has 5 rings (SSSR count). The number of pyridine rings is 1. The van der Waals surface area contributed by atoms with Crippen LogP contribution in [-0.2, 0) is 11.8 Å². The Morgan fingerprint density at radius 2 is 1.63 bits per heavy atom. The number of hydrogen-bond acceptors (Lipinski definition) is 9. The second-order valence-electron chi connectivity index (χ2n) is 12.3. The van der Waals surface area contributed by atoms with Gasteiger partial charge in [0.2, 0.25) is 5.95 Å². The summed E-state index contributed by atoms with van der Waals surface area (Å²) in [7, 11) is 3.89. The maximum absolute atomic E-state index is 13.6. The number of aromatic nitrogens is 3. The van der Waals surface area contributed by atoms with Crippen LogP contribution in [0.25, 0.3) is 11.0 Å². The first-order valence-corrected chi connectivity index (χ1v) is 14.3. The van der Waals surface area contributed by atoms with Crippen LogP contribution in [0.3, 0.4) is 0 Å².